The lowest BCUT2D eigenvalue weighted by Gasteiger charge is -2.32. The van der Waals surface area contributed by atoms with E-state index in [1.807, 2.05) is 26.0 Å². The highest BCUT2D eigenvalue weighted by molar-refractivity contribution is 8.26. The molecule has 0 aromatic heterocycles. The summed E-state index contributed by atoms with van der Waals surface area (Å²) >= 11 is 6.40. The maximum atomic E-state index is 13.0. The van der Waals surface area contributed by atoms with Gasteiger partial charge in [-0.05, 0) is 56.6 Å². The van der Waals surface area contributed by atoms with Crippen molar-refractivity contribution in [3.05, 3.63) is 45.9 Å². The second-order valence-corrected chi connectivity index (χ2v) is 10.9. The SMILES string of the molecule is CCCC(C(C(=O)O)C(=O)O)N1C(=O)C(=CC=C(C)C=CC2=C(C)CCCC2(C)C)SC1=S. The Morgan fingerprint density at radius 3 is 2.45 bits per heavy atom. The molecule has 1 fully saturated rings. The summed E-state index contributed by atoms with van der Waals surface area (Å²) in [4.78, 5) is 37.7. The van der Waals surface area contributed by atoms with Crippen LogP contribution in [0.15, 0.2) is 45.9 Å². The molecule has 1 aliphatic carbocycles. The molecule has 33 heavy (non-hydrogen) atoms. The molecular weight excluding hydrogens is 458 g/mol. The van der Waals surface area contributed by atoms with Gasteiger partial charge in [-0.25, -0.2) is 0 Å². The molecule has 1 saturated heterocycles. The van der Waals surface area contributed by atoms with Crippen molar-refractivity contribution in [1.29, 1.82) is 0 Å². The number of hydrogen-bond donors (Lipinski definition) is 2. The maximum absolute atomic E-state index is 13.0. The van der Waals surface area contributed by atoms with Crippen LogP contribution in [-0.4, -0.2) is 43.3 Å². The summed E-state index contributed by atoms with van der Waals surface area (Å²) in [6, 6.07) is -1.03. The molecule has 0 aromatic carbocycles. The van der Waals surface area contributed by atoms with Gasteiger partial charge in [0.15, 0.2) is 5.92 Å². The molecule has 2 N–H and O–H groups in total. The third-order valence-corrected chi connectivity index (χ3v) is 7.56. The molecule has 1 aliphatic heterocycles. The van der Waals surface area contributed by atoms with E-state index in [2.05, 4.69) is 26.8 Å². The highest BCUT2D eigenvalue weighted by Gasteiger charge is 2.45. The smallest absolute Gasteiger partial charge is 0.320 e. The number of nitrogens with zero attached hydrogens (tertiary/aromatic N) is 1. The summed E-state index contributed by atoms with van der Waals surface area (Å²) < 4.78 is 0.184. The Morgan fingerprint density at radius 1 is 1.27 bits per heavy atom. The van der Waals surface area contributed by atoms with E-state index in [1.165, 1.54) is 22.5 Å². The van der Waals surface area contributed by atoms with Crippen molar-refractivity contribution in [3.8, 4) is 0 Å². The normalized spacial score (nSPS) is 21.6. The molecule has 2 aliphatic rings. The van der Waals surface area contributed by atoms with Gasteiger partial charge in [-0.2, -0.15) is 0 Å². The van der Waals surface area contributed by atoms with E-state index < -0.39 is 29.8 Å². The number of carboxylic acid groups (broad SMARTS) is 2. The largest absolute Gasteiger partial charge is 0.481 e. The van der Waals surface area contributed by atoms with E-state index in [0.29, 0.717) is 11.3 Å². The highest BCUT2D eigenvalue weighted by Crippen LogP contribution is 2.41. The molecule has 1 unspecified atom stereocenters. The van der Waals surface area contributed by atoms with Gasteiger partial charge >= 0.3 is 11.9 Å². The number of thioether (sulfide) groups is 1. The van der Waals surface area contributed by atoms with Gasteiger partial charge in [0.2, 0.25) is 0 Å². The van der Waals surface area contributed by atoms with Gasteiger partial charge in [0.1, 0.15) is 4.32 Å². The quantitative estimate of drug-likeness (QED) is 0.184. The third-order valence-electron chi connectivity index (χ3n) is 6.21. The first-order valence-corrected chi connectivity index (χ1v) is 12.4. The first-order chi connectivity index (χ1) is 15.4. The van der Waals surface area contributed by atoms with Crippen molar-refractivity contribution >= 4 is 46.1 Å². The lowest BCUT2D eigenvalue weighted by molar-refractivity contribution is -0.157. The van der Waals surface area contributed by atoms with E-state index in [-0.39, 0.29) is 16.2 Å². The second kappa shape index (κ2) is 11.3. The standard InChI is InChI=1S/C25H33NO5S2/c1-6-8-18(20(22(28)29)23(30)31)26-21(27)19(33-24(26)32)13-11-15(2)10-12-17-16(3)9-7-14-25(17,4)5/h10-13,18,20H,6-9,14H2,1-5H3,(H,28,29)(H,30,31). The molecule has 0 saturated carbocycles. The average Bonchev–Trinajstić information content (AvgIpc) is 2.97. The van der Waals surface area contributed by atoms with Gasteiger partial charge in [0.05, 0.1) is 10.9 Å². The molecule has 0 radical (unpaired) electrons. The summed E-state index contributed by atoms with van der Waals surface area (Å²) in [5, 5.41) is 18.9. The Morgan fingerprint density at radius 2 is 1.91 bits per heavy atom. The Labute approximate surface area is 205 Å². The molecule has 2 rings (SSSR count). The zero-order valence-electron chi connectivity index (χ0n) is 19.9. The van der Waals surface area contributed by atoms with Crippen LogP contribution in [-0.2, 0) is 14.4 Å². The molecule has 1 heterocycles. The minimum absolute atomic E-state index is 0.140. The first-order valence-electron chi connectivity index (χ1n) is 11.2. The fourth-order valence-corrected chi connectivity index (χ4v) is 5.76. The Bertz CT molecular complexity index is 944. The van der Waals surface area contributed by atoms with Crippen LogP contribution in [0.1, 0.15) is 66.7 Å². The number of rotatable bonds is 9. The maximum Gasteiger partial charge on any atom is 0.320 e. The molecule has 1 amide bonds. The molecule has 6 nitrogen and oxygen atoms in total. The monoisotopic (exact) mass is 491 g/mol. The molecule has 0 spiro atoms. The lowest BCUT2D eigenvalue weighted by atomic mass is 9.72. The van der Waals surface area contributed by atoms with E-state index in [9.17, 15) is 24.6 Å². The summed E-state index contributed by atoms with van der Waals surface area (Å²) in [7, 11) is 0. The van der Waals surface area contributed by atoms with Crippen LogP contribution in [0.25, 0.3) is 0 Å². The average molecular weight is 492 g/mol. The van der Waals surface area contributed by atoms with Crippen LogP contribution in [0.2, 0.25) is 0 Å². The van der Waals surface area contributed by atoms with Crippen LogP contribution >= 0.6 is 24.0 Å². The van der Waals surface area contributed by atoms with Gasteiger partial charge in [-0.15, -0.1) is 0 Å². The minimum atomic E-state index is -1.73. The number of thiocarbonyl (C=S) groups is 1. The topological polar surface area (TPSA) is 94.9 Å². The Kier molecular flexibility index (Phi) is 9.26. The predicted octanol–water partition coefficient (Wildman–Crippen LogP) is 5.71. The number of aliphatic carboxylic acids is 2. The van der Waals surface area contributed by atoms with Crippen molar-refractivity contribution in [2.45, 2.75) is 72.8 Å². The second-order valence-electron chi connectivity index (χ2n) is 9.26. The van der Waals surface area contributed by atoms with Crippen molar-refractivity contribution in [3.63, 3.8) is 0 Å². The van der Waals surface area contributed by atoms with Crippen molar-refractivity contribution < 1.29 is 24.6 Å². The summed E-state index contributed by atoms with van der Waals surface area (Å²) in [6.45, 7) is 10.5. The summed E-state index contributed by atoms with van der Waals surface area (Å²) in [6.07, 6.45) is 11.9. The molecule has 180 valence electrons. The number of allylic oxidation sites excluding steroid dienone is 7. The first kappa shape index (κ1) is 27.1. The van der Waals surface area contributed by atoms with Crippen LogP contribution in [0.3, 0.4) is 0 Å². The number of carboxylic acids is 2. The van der Waals surface area contributed by atoms with Crippen molar-refractivity contribution in [2.75, 3.05) is 0 Å². The van der Waals surface area contributed by atoms with Gasteiger partial charge < -0.3 is 10.2 Å². The van der Waals surface area contributed by atoms with Crippen molar-refractivity contribution in [1.82, 2.24) is 4.90 Å². The van der Waals surface area contributed by atoms with Gasteiger partial charge in [-0.3, -0.25) is 19.3 Å². The summed E-state index contributed by atoms with van der Waals surface area (Å²) in [5.41, 5.74) is 3.86. The molecule has 1 atom stereocenters. The third kappa shape index (κ3) is 6.44. The number of carbonyl (C=O) groups is 3. The molecular formula is C25H33NO5S2. The predicted molar refractivity (Wildman–Crippen MR) is 136 cm³/mol. The van der Waals surface area contributed by atoms with E-state index in [4.69, 9.17) is 12.2 Å². The van der Waals surface area contributed by atoms with Gasteiger partial charge in [0.25, 0.3) is 5.91 Å². The van der Waals surface area contributed by atoms with Crippen LogP contribution in [0, 0.1) is 11.3 Å². The molecule has 0 aromatic rings. The van der Waals surface area contributed by atoms with E-state index in [0.717, 1.165) is 30.2 Å². The van der Waals surface area contributed by atoms with Crippen molar-refractivity contribution in [2.24, 2.45) is 11.3 Å². The van der Waals surface area contributed by atoms with E-state index in [1.54, 1.807) is 6.08 Å². The fraction of sp³-hybridized carbons (Fsp3) is 0.520. The zero-order valence-corrected chi connectivity index (χ0v) is 21.5. The Balaban J connectivity index is 2.26. The summed E-state index contributed by atoms with van der Waals surface area (Å²) in [5.74, 6) is -5.14. The Hall–Kier alpha value is -2.19. The van der Waals surface area contributed by atoms with Crippen LogP contribution in [0.5, 0.6) is 0 Å². The molecule has 0 bridgehead atoms. The lowest BCUT2D eigenvalue weighted by Crippen LogP contribution is -2.48. The number of carbonyl (C=O) groups excluding carboxylic acids is 1. The minimum Gasteiger partial charge on any atom is -0.481 e. The highest BCUT2D eigenvalue weighted by atomic mass is 32.2. The van der Waals surface area contributed by atoms with E-state index >= 15 is 0 Å². The number of hydrogen-bond acceptors (Lipinski definition) is 5. The van der Waals surface area contributed by atoms with Crippen LogP contribution in [0.4, 0.5) is 0 Å². The zero-order chi connectivity index (χ0) is 24.9. The molecule has 8 heteroatoms. The number of amides is 1. The van der Waals surface area contributed by atoms with Gasteiger partial charge in [-0.1, -0.05) is 80.5 Å². The van der Waals surface area contributed by atoms with Gasteiger partial charge in [0, 0.05) is 0 Å². The fourth-order valence-electron chi connectivity index (χ4n) is 4.44. The van der Waals surface area contributed by atoms with Crippen LogP contribution < -0.4 is 0 Å².